The lowest BCUT2D eigenvalue weighted by Gasteiger charge is -2.27. The van der Waals surface area contributed by atoms with E-state index in [4.69, 9.17) is 4.74 Å². The highest BCUT2D eigenvalue weighted by Gasteiger charge is 2.19. The predicted octanol–water partition coefficient (Wildman–Crippen LogP) is 2.27. The highest BCUT2D eigenvalue weighted by molar-refractivity contribution is 5.74. The van der Waals surface area contributed by atoms with Crippen LogP contribution in [-0.4, -0.2) is 36.2 Å². The number of rotatable bonds is 2. The second kappa shape index (κ2) is 5.23. The summed E-state index contributed by atoms with van der Waals surface area (Å²) in [5, 5.41) is 0. The standard InChI is InChI=1S/C11H22N2O/c1-9(2)12-11-13(10(3)4)7-5-6-8-14-11/h9-10H,5-8H2,1-4H3. The van der Waals surface area contributed by atoms with Crippen LogP contribution in [-0.2, 0) is 4.74 Å². The van der Waals surface area contributed by atoms with Crippen LogP contribution in [0.1, 0.15) is 40.5 Å². The van der Waals surface area contributed by atoms with E-state index < -0.39 is 0 Å². The van der Waals surface area contributed by atoms with Gasteiger partial charge in [0, 0.05) is 18.6 Å². The zero-order chi connectivity index (χ0) is 10.6. The van der Waals surface area contributed by atoms with E-state index in [1.54, 1.807) is 0 Å². The van der Waals surface area contributed by atoms with Gasteiger partial charge in [-0.15, -0.1) is 0 Å². The van der Waals surface area contributed by atoms with Crippen molar-refractivity contribution >= 4 is 6.02 Å². The zero-order valence-electron chi connectivity index (χ0n) is 9.79. The van der Waals surface area contributed by atoms with Crippen LogP contribution in [0.3, 0.4) is 0 Å². The van der Waals surface area contributed by atoms with Gasteiger partial charge in [0.25, 0.3) is 6.02 Å². The molecule has 0 spiro atoms. The molecule has 3 heteroatoms. The Morgan fingerprint density at radius 1 is 1.21 bits per heavy atom. The van der Waals surface area contributed by atoms with Gasteiger partial charge in [-0.1, -0.05) is 0 Å². The highest BCUT2D eigenvalue weighted by atomic mass is 16.5. The summed E-state index contributed by atoms with van der Waals surface area (Å²) < 4.78 is 5.66. The maximum Gasteiger partial charge on any atom is 0.287 e. The van der Waals surface area contributed by atoms with Crippen LogP contribution in [0.5, 0.6) is 0 Å². The molecule has 0 N–H and O–H groups in total. The van der Waals surface area contributed by atoms with Crippen LogP contribution < -0.4 is 0 Å². The topological polar surface area (TPSA) is 24.8 Å². The summed E-state index contributed by atoms with van der Waals surface area (Å²) in [6.45, 7) is 10.4. The van der Waals surface area contributed by atoms with E-state index in [0.717, 1.165) is 25.6 Å². The fourth-order valence-corrected chi connectivity index (χ4v) is 1.54. The number of hydrogen-bond acceptors (Lipinski definition) is 2. The van der Waals surface area contributed by atoms with Crippen LogP contribution in [0.4, 0.5) is 0 Å². The molecule has 0 radical (unpaired) electrons. The Morgan fingerprint density at radius 2 is 1.93 bits per heavy atom. The molecule has 0 aromatic heterocycles. The molecule has 82 valence electrons. The third-order valence-electron chi connectivity index (χ3n) is 2.26. The number of aliphatic imine (C=N–C) groups is 1. The van der Waals surface area contributed by atoms with Gasteiger partial charge in [0.2, 0.25) is 0 Å². The Hall–Kier alpha value is -0.730. The van der Waals surface area contributed by atoms with Gasteiger partial charge in [-0.25, -0.2) is 4.99 Å². The van der Waals surface area contributed by atoms with Crippen molar-refractivity contribution in [3.8, 4) is 0 Å². The van der Waals surface area contributed by atoms with Gasteiger partial charge in [-0.05, 0) is 40.5 Å². The molecule has 0 aromatic rings. The van der Waals surface area contributed by atoms with Gasteiger partial charge in [-0.3, -0.25) is 0 Å². The normalized spacial score (nSPS) is 21.6. The van der Waals surface area contributed by atoms with Gasteiger partial charge >= 0.3 is 0 Å². The van der Waals surface area contributed by atoms with Crippen molar-refractivity contribution in [2.24, 2.45) is 4.99 Å². The van der Waals surface area contributed by atoms with E-state index in [1.165, 1.54) is 6.42 Å². The summed E-state index contributed by atoms with van der Waals surface area (Å²) in [6.07, 6.45) is 2.34. The van der Waals surface area contributed by atoms with E-state index in [-0.39, 0.29) is 0 Å². The van der Waals surface area contributed by atoms with Crippen LogP contribution in [0.15, 0.2) is 4.99 Å². The van der Waals surface area contributed by atoms with Crippen molar-refractivity contribution < 1.29 is 4.74 Å². The van der Waals surface area contributed by atoms with Crippen LogP contribution in [0.25, 0.3) is 0 Å². The minimum Gasteiger partial charge on any atom is -0.465 e. The van der Waals surface area contributed by atoms with Crippen molar-refractivity contribution in [1.82, 2.24) is 4.90 Å². The van der Waals surface area contributed by atoms with E-state index in [9.17, 15) is 0 Å². The van der Waals surface area contributed by atoms with Crippen LogP contribution in [0.2, 0.25) is 0 Å². The largest absolute Gasteiger partial charge is 0.465 e. The van der Waals surface area contributed by atoms with E-state index in [0.29, 0.717) is 12.1 Å². The van der Waals surface area contributed by atoms with Crippen molar-refractivity contribution in [3.05, 3.63) is 0 Å². The third kappa shape index (κ3) is 3.20. The summed E-state index contributed by atoms with van der Waals surface area (Å²) in [7, 11) is 0. The second-order valence-corrected chi connectivity index (χ2v) is 4.35. The molecule has 0 bridgehead atoms. The summed E-state index contributed by atoms with van der Waals surface area (Å²) in [5.74, 6) is 0. The van der Waals surface area contributed by atoms with Crippen LogP contribution in [0, 0.1) is 0 Å². The van der Waals surface area contributed by atoms with Gasteiger partial charge in [0.05, 0.1) is 6.61 Å². The Morgan fingerprint density at radius 3 is 2.50 bits per heavy atom. The molecule has 1 heterocycles. The van der Waals surface area contributed by atoms with E-state index >= 15 is 0 Å². The van der Waals surface area contributed by atoms with Crippen LogP contribution >= 0.6 is 0 Å². The van der Waals surface area contributed by atoms with E-state index in [1.807, 2.05) is 0 Å². The first-order chi connectivity index (χ1) is 6.61. The lowest BCUT2D eigenvalue weighted by atomic mass is 10.3. The Balaban J connectivity index is 2.73. The average molecular weight is 198 g/mol. The maximum atomic E-state index is 5.66. The first-order valence-electron chi connectivity index (χ1n) is 5.58. The van der Waals surface area contributed by atoms with Gasteiger partial charge in [0.1, 0.15) is 0 Å². The Labute approximate surface area is 87.2 Å². The molecule has 1 fully saturated rings. The summed E-state index contributed by atoms with van der Waals surface area (Å²) in [6, 6.07) is 1.63. The predicted molar refractivity (Wildman–Crippen MR) is 59.6 cm³/mol. The van der Waals surface area contributed by atoms with E-state index in [2.05, 4.69) is 37.6 Å². The average Bonchev–Trinajstić information content (AvgIpc) is 2.28. The zero-order valence-corrected chi connectivity index (χ0v) is 9.79. The minimum absolute atomic E-state index is 0.310. The summed E-state index contributed by atoms with van der Waals surface area (Å²) >= 11 is 0. The molecule has 0 amide bonds. The maximum absolute atomic E-state index is 5.66. The smallest absolute Gasteiger partial charge is 0.287 e. The fraction of sp³-hybridized carbons (Fsp3) is 0.909. The van der Waals surface area contributed by atoms with Gasteiger partial charge < -0.3 is 9.64 Å². The minimum atomic E-state index is 0.310. The number of hydrogen-bond donors (Lipinski definition) is 0. The number of nitrogens with zero attached hydrogens (tertiary/aromatic N) is 2. The lowest BCUT2D eigenvalue weighted by Crippen LogP contribution is -2.38. The summed E-state index contributed by atoms with van der Waals surface area (Å²) in [5.41, 5.74) is 0. The highest BCUT2D eigenvalue weighted by Crippen LogP contribution is 2.10. The number of ether oxygens (including phenoxy) is 1. The molecule has 14 heavy (non-hydrogen) atoms. The molecule has 1 rings (SSSR count). The number of amidine groups is 1. The van der Waals surface area contributed by atoms with Crippen molar-refractivity contribution in [3.63, 3.8) is 0 Å². The third-order valence-corrected chi connectivity index (χ3v) is 2.26. The molecular formula is C11H22N2O. The molecule has 1 aliphatic rings. The van der Waals surface area contributed by atoms with Crippen molar-refractivity contribution in [2.75, 3.05) is 13.2 Å². The monoisotopic (exact) mass is 198 g/mol. The molecule has 1 aliphatic heterocycles. The molecule has 0 saturated carbocycles. The molecule has 1 saturated heterocycles. The molecule has 0 unspecified atom stereocenters. The summed E-state index contributed by atoms with van der Waals surface area (Å²) in [4.78, 5) is 6.78. The molecule has 3 nitrogen and oxygen atoms in total. The Kier molecular flexibility index (Phi) is 4.23. The lowest BCUT2D eigenvalue weighted by molar-refractivity contribution is 0.238. The second-order valence-electron chi connectivity index (χ2n) is 4.35. The van der Waals surface area contributed by atoms with Gasteiger partial charge in [-0.2, -0.15) is 0 Å². The van der Waals surface area contributed by atoms with Crippen molar-refractivity contribution in [2.45, 2.75) is 52.6 Å². The molecule has 0 aliphatic carbocycles. The fourth-order valence-electron chi connectivity index (χ4n) is 1.54. The van der Waals surface area contributed by atoms with Crippen molar-refractivity contribution in [1.29, 1.82) is 0 Å². The molecular weight excluding hydrogens is 176 g/mol. The first kappa shape index (κ1) is 11.3. The SMILES string of the molecule is CC(C)N=C1OCCCCN1C(C)C. The molecule has 0 atom stereocenters. The van der Waals surface area contributed by atoms with Gasteiger partial charge in [0.15, 0.2) is 0 Å². The quantitative estimate of drug-likeness (QED) is 0.680. The molecule has 0 aromatic carbocycles. The Bertz CT molecular complexity index is 199. The first-order valence-corrected chi connectivity index (χ1v) is 5.58.